The molecule has 1 aliphatic heterocycles. The monoisotopic (exact) mass is 161 g/mol. The van der Waals surface area contributed by atoms with Crippen molar-refractivity contribution in [1.82, 2.24) is 4.90 Å². The molecule has 0 spiro atoms. The molecule has 0 aliphatic carbocycles. The lowest BCUT2D eigenvalue weighted by Gasteiger charge is -2.26. The van der Waals surface area contributed by atoms with Crippen molar-refractivity contribution < 1.29 is 9.13 Å². The number of hydrogen-bond acceptors (Lipinski definition) is 2. The second-order valence-electron chi connectivity index (χ2n) is 3.48. The molecule has 11 heavy (non-hydrogen) atoms. The molecule has 0 N–H and O–H groups in total. The average molecular weight is 161 g/mol. The van der Waals surface area contributed by atoms with Crippen LogP contribution < -0.4 is 0 Å². The Morgan fingerprint density at radius 2 is 2.36 bits per heavy atom. The molecule has 1 heterocycles. The summed E-state index contributed by atoms with van der Waals surface area (Å²) in [6.45, 7) is 2.98. The highest BCUT2D eigenvalue weighted by Gasteiger charge is 2.42. The summed E-state index contributed by atoms with van der Waals surface area (Å²) in [6, 6.07) is -0.0625. The fourth-order valence-electron chi connectivity index (χ4n) is 1.64. The van der Waals surface area contributed by atoms with Gasteiger partial charge in [0.05, 0.1) is 12.6 Å². The molecule has 1 rings (SSSR count). The zero-order valence-corrected chi connectivity index (χ0v) is 7.43. The van der Waals surface area contributed by atoms with Crippen molar-refractivity contribution >= 4 is 0 Å². The zero-order chi connectivity index (χ0) is 8.48. The SMILES string of the molecule is COC[C@H]1N(C)CC[C@]1(C)F. The Balaban J connectivity index is 2.57. The number of ether oxygens (including phenoxy) is 1. The quantitative estimate of drug-likeness (QED) is 0.600. The van der Waals surface area contributed by atoms with Crippen molar-refractivity contribution in [3.05, 3.63) is 0 Å². The first-order valence-corrected chi connectivity index (χ1v) is 3.96. The summed E-state index contributed by atoms with van der Waals surface area (Å²) in [5.41, 5.74) is -1.06. The fraction of sp³-hybridized carbons (Fsp3) is 1.00. The molecule has 0 aromatic rings. The third kappa shape index (κ3) is 1.71. The van der Waals surface area contributed by atoms with Gasteiger partial charge in [0.15, 0.2) is 0 Å². The third-order valence-corrected chi connectivity index (χ3v) is 2.50. The Hall–Kier alpha value is -0.150. The maximum atomic E-state index is 13.6. The Kier molecular flexibility index (Phi) is 2.50. The predicted molar refractivity (Wildman–Crippen MR) is 42.4 cm³/mol. The number of hydrogen-bond donors (Lipinski definition) is 0. The Morgan fingerprint density at radius 1 is 1.73 bits per heavy atom. The zero-order valence-electron chi connectivity index (χ0n) is 7.43. The number of nitrogens with zero attached hydrogens (tertiary/aromatic N) is 1. The minimum atomic E-state index is -1.06. The van der Waals surface area contributed by atoms with Crippen LogP contribution in [0.3, 0.4) is 0 Å². The van der Waals surface area contributed by atoms with Crippen LogP contribution in [-0.2, 0) is 4.74 Å². The minimum Gasteiger partial charge on any atom is -0.383 e. The van der Waals surface area contributed by atoms with Crippen molar-refractivity contribution in [3.8, 4) is 0 Å². The van der Waals surface area contributed by atoms with Gasteiger partial charge in [-0.2, -0.15) is 0 Å². The number of rotatable bonds is 2. The van der Waals surface area contributed by atoms with Crippen LogP contribution in [-0.4, -0.2) is 43.9 Å². The molecular weight excluding hydrogens is 145 g/mol. The van der Waals surface area contributed by atoms with Crippen molar-refractivity contribution in [2.45, 2.75) is 25.1 Å². The number of halogens is 1. The largest absolute Gasteiger partial charge is 0.383 e. The van der Waals surface area contributed by atoms with E-state index >= 15 is 0 Å². The lowest BCUT2D eigenvalue weighted by Crippen LogP contribution is -2.41. The maximum Gasteiger partial charge on any atom is 0.127 e. The van der Waals surface area contributed by atoms with Crippen LogP contribution in [0.4, 0.5) is 4.39 Å². The molecule has 0 aromatic heterocycles. The highest BCUT2D eigenvalue weighted by molar-refractivity contribution is 4.95. The Bertz CT molecular complexity index is 138. The smallest absolute Gasteiger partial charge is 0.127 e. The molecule has 1 saturated heterocycles. The van der Waals surface area contributed by atoms with Crippen molar-refractivity contribution in [3.63, 3.8) is 0 Å². The van der Waals surface area contributed by atoms with Gasteiger partial charge in [-0.25, -0.2) is 4.39 Å². The molecule has 0 unspecified atom stereocenters. The number of alkyl halides is 1. The van der Waals surface area contributed by atoms with E-state index in [9.17, 15) is 4.39 Å². The average Bonchev–Trinajstić information content (AvgIpc) is 2.16. The van der Waals surface area contributed by atoms with Crippen LogP contribution in [0.25, 0.3) is 0 Å². The van der Waals surface area contributed by atoms with Crippen LogP contribution in [0.15, 0.2) is 0 Å². The highest BCUT2D eigenvalue weighted by Crippen LogP contribution is 2.30. The molecule has 2 atom stereocenters. The number of likely N-dealkylation sites (tertiary alicyclic amines) is 1. The summed E-state index contributed by atoms with van der Waals surface area (Å²) >= 11 is 0. The van der Waals surface area contributed by atoms with Gasteiger partial charge in [0.1, 0.15) is 5.67 Å². The summed E-state index contributed by atoms with van der Waals surface area (Å²) in [5, 5.41) is 0. The lowest BCUT2D eigenvalue weighted by atomic mass is 10.0. The minimum absolute atomic E-state index is 0.0625. The second kappa shape index (κ2) is 3.07. The molecule has 0 aromatic carbocycles. The van der Waals surface area contributed by atoms with Gasteiger partial charge >= 0.3 is 0 Å². The van der Waals surface area contributed by atoms with E-state index in [1.165, 1.54) is 0 Å². The van der Waals surface area contributed by atoms with Gasteiger partial charge in [-0.05, 0) is 20.4 Å². The molecular formula is C8H16FNO. The van der Waals surface area contributed by atoms with Crippen LogP contribution in [0.5, 0.6) is 0 Å². The summed E-state index contributed by atoms with van der Waals surface area (Å²) in [6.07, 6.45) is 0.623. The van der Waals surface area contributed by atoms with Gasteiger partial charge in [0.2, 0.25) is 0 Å². The van der Waals surface area contributed by atoms with Crippen molar-refractivity contribution in [1.29, 1.82) is 0 Å². The van der Waals surface area contributed by atoms with Gasteiger partial charge in [-0.1, -0.05) is 0 Å². The summed E-state index contributed by atoms with van der Waals surface area (Å²) < 4.78 is 18.5. The van der Waals surface area contributed by atoms with E-state index in [2.05, 4.69) is 0 Å². The first-order valence-electron chi connectivity index (χ1n) is 3.96. The standard InChI is InChI=1S/C8H16FNO/c1-8(9)4-5-10(2)7(8)6-11-3/h7H,4-6H2,1-3H3/t7-,8+/m1/s1. The lowest BCUT2D eigenvalue weighted by molar-refractivity contribution is 0.0524. The third-order valence-electron chi connectivity index (χ3n) is 2.50. The first-order chi connectivity index (χ1) is 5.08. The van der Waals surface area contributed by atoms with Gasteiger partial charge in [0, 0.05) is 13.7 Å². The van der Waals surface area contributed by atoms with Gasteiger partial charge in [-0.3, -0.25) is 4.90 Å². The molecule has 3 heteroatoms. The van der Waals surface area contributed by atoms with Crippen molar-refractivity contribution in [2.75, 3.05) is 27.3 Å². The van der Waals surface area contributed by atoms with Crippen molar-refractivity contribution in [2.24, 2.45) is 0 Å². The maximum absolute atomic E-state index is 13.6. The first kappa shape index (κ1) is 8.94. The number of methoxy groups -OCH3 is 1. The molecule has 0 amide bonds. The van der Waals surface area contributed by atoms with Gasteiger partial charge in [-0.15, -0.1) is 0 Å². The number of likely N-dealkylation sites (N-methyl/N-ethyl adjacent to an activating group) is 1. The summed E-state index contributed by atoms with van der Waals surface area (Å²) in [4.78, 5) is 2.02. The summed E-state index contributed by atoms with van der Waals surface area (Å²) in [7, 11) is 3.55. The molecule has 0 radical (unpaired) electrons. The highest BCUT2D eigenvalue weighted by atomic mass is 19.1. The molecule has 1 aliphatic rings. The van der Waals surface area contributed by atoms with E-state index in [0.29, 0.717) is 13.0 Å². The molecule has 0 saturated carbocycles. The second-order valence-corrected chi connectivity index (χ2v) is 3.48. The van der Waals surface area contributed by atoms with Gasteiger partial charge < -0.3 is 4.74 Å². The van der Waals surface area contributed by atoms with Crippen LogP contribution in [0, 0.1) is 0 Å². The van der Waals surface area contributed by atoms with E-state index in [1.54, 1.807) is 14.0 Å². The molecule has 66 valence electrons. The van der Waals surface area contributed by atoms with E-state index in [0.717, 1.165) is 6.54 Å². The van der Waals surface area contributed by atoms with Gasteiger partial charge in [0.25, 0.3) is 0 Å². The molecule has 1 fully saturated rings. The van der Waals surface area contributed by atoms with E-state index in [4.69, 9.17) is 4.74 Å². The fourth-order valence-corrected chi connectivity index (χ4v) is 1.64. The Morgan fingerprint density at radius 3 is 2.73 bits per heavy atom. The molecule has 0 bridgehead atoms. The summed E-state index contributed by atoms with van der Waals surface area (Å²) in [5.74, 6) is 0. The van der Waals surface area contributed by atoms with E-state index in [1.807, 2.05) is 11.9 Å². The Labute approximate surface area is 67.3 Å². The molecule has 2 nitrogen and oxygen atoms in total. The van der Waals surface area contributed by atoms with E-state index in [-0.39, 0.29) is 6.04 Å². The van der Waals surface area contributed by atoms with Crippen LogP contribution in [0.1, 0.15) is 13.3 Å². The van der Waals surface area contributed by atoms with Crippen LogP contribution in [0.2, 0.25) is 0 Å². The van der Waals surface area contributed by atoms with Crippen LogP contribution >= 0.6 is 0 Å². The van der Waals surface area contributed by atoms with E-state index < -0.39 is 5.67 Å². The topological polar surface area (TPSA) is 12.5 Å². The normalized spacial score (nSPS) is 39.8. The predicted octanol–water partition coefficient (Wildman–Crippen LogP) is 1.07.